The summed E-state index contributed by atoms with van der Waals surface area (Å²) in [5, 5.41) is 0. The number of carbonyl (C=O) groups excluding carboxylic acids is 2. The van der Waals surface area contributed by atoms with Gasteiger partial charge in [-0.25, -0.2) is 8.78 Å². The van der Waals surface area contributed by atoms with E-state index < -0.39 is 17.5 Å². The summed E-state index contributed by atoms with van der Waals surface area (Å²) in [5.74, 6) is -2.42. The Kier molecular flexibility index (Phi) is 3.28. The molecule has 5 heteroatoms. The predicted molar refractivity (Wildman–Crippen MR) is 50.0 cm³/mol. The second-order valence-corrected chi connectivity index (χ2v) is 2.75. The molecule has 0 bridgehead atoms. The van der Waals surface area contributed by atoms with Crippen LogP contribution in [0.3, 0.4) is 0 Å². The Bertz CT molecular complexity index is 441. The van der Waals surface area contributed by atoms with Gasteiger partial charge in [0.1, 0.15) is 11.6 Å². The van der Waals surface area contributed by atoms with Crippen molar-refractivity contribution >= 4 is 18.3 Å². The van der Waals surface area contributed by atoms with Crippen LogP contribution >= 0.6 is 0 Å². The highest BCUT2D eigenvalue weighted by molar-refractivity contribution is 5.90. The highest BCUT2D eigenvalue weighted by Gasteiger charge is 2.07. The first-order chi connectivity index (χ1) is 7.04. The van der Waals surface area contributed by atoms with Crippen molar-refractivity contribution in [3.8, 4) is 0 Å². The van der Waals surface area contributed by atoms with E-state index in [2.05, 4.69) is 0 Å². The molecule has 0 heterocycles. The van der Waals surface area contributed by atoms with Gasteiger partial charge < -0.3 is 5.73 Å². The third kappa shape index (κ3) is 2.70. The van der Waals surface area contributed by atoms with Gasteiger partial charge in [-0.2, -0.15) is 0 Å². The molecule has 0 aliphatic carbocycles. The molecule has 0 aliphatic heterocycles. The number of benzene rings is 1. The minimum atomic E-state index is -0.851. The fourth-order valence-electron chi connectivity index (χ4n) is 0.968. The van der Waals surface area contributed by atoms with Gasteiger partial charge in [-0.05, 0) is 18.2 Å². The Morgan fingerprint density at radius 1 is 1.20 bits per heavy atom. The van der Waals surface area contributed by atoms with Crippen LogP contribution in [0.1, 0.15) is 15.9 Å². The van der Waals surface area contributed by atoms with E-state index in [1.54, 1.807) is 0 Å². The first-order valence-corrected chi connectivity index (χ1v) is 3.96. The van der Waals surface area contributed by atoms with Crippen LogP contribution in [0.2, 0.25) is 0 Å². The summed E-state index contributed by atoms with van der Waals surface area (Å²) in [6.07, 6.45) is 2.15. The Balaban J connectivity index is 3.16. The van der Waals surface area contributed by atoms with Crippen molar-refractivity contribution < 1.29 is 18.4 Å². The van der Waals surface area contributed by atoms with Crippen molar-refractivity contribution in [2.75, 3.05) is 0 Å². The van der Waals surface area contributed by atoms with Gasteiger partial charge in [0.15, 0.2) is 6.29 Å². The monoisotopic (exact) mass is 211 g/mol. The predicted octanol–water partition coefficient (Wildman–Crippen LogP) is 1.28. The van der Waals surface area contributed by atoms with Crippen LogP contribution in [0.25, 0.3) is 6.08 Å². The largest absolute Gasteiger partial charge is 0.366 e. The minimum Gasteiger partial charge on any atom is -0.366 e. The molecule has 0 atom stereocenters. The summed E-state index contributed by atoms with van der Waals surface area (Å²) >= 11 is 0. The van der Waals surface area contributed by atoms with E-state index in [0.29, 0.717) is 0 Å². The molecule has 15 heavy (non-hydrogen) atoms. The lowest BCUT2D eigenvalue weighted by molar-refractivity contribution is -0.113. The summed E-state index contributed by atoms with van der Waals surface area (Å²) < 4.78 is 26.1. The van der Waals surface area contributed by atoms with Gasteiger partial charge in [0.2, 0.25) is 5.91 Å². The van der Waals surface area contributed by atoms with Crippen LogP contribution in [0.5, 0.6) is 0 Å². The molecule has 1 amide bonds. The summed E-state index contributed by atoms with van der Waals surface area (Å²) in [4.78, 5) is 20.6. The molecule has 78 valence electrons. The topological polar surface area (TPSA) is 60.2 Å². The zero-order valence-electron chi connectivity index (χ0n) is 7.54. The van der Waals surface area contributed by atoms with Crippen LogP contribution in [0.4, 0.5) is 8.78 Å². The fourth-order valence-corrected chi connectivity index (χ4v) is 0.968. The lowest BCUT2D eigenvalue weighted by Gasteiger charge is -1.99. The van der Waals surface area contributed by atoms with Gasteiger partial charge in [-0.1, -0.05) is 0 Å². The average Bonchev–Trinajstić information content (AvgIpc) is 2.18. The Morgan fingerprint density at radius 3 is 2.27 bits per heavy atom. The maximum Gasteiger partial charge on any atom is 0.241 e. The number of amides is 1. The van der Waals surface area contributed by atoms with E-state index in [1.165, 1.54) is 0 Å². The van der Waals surface area contributed by atoms with E-state index in [4.69, 9.17) is 5.73 Å². The number of primary amides is 1. The van der Waals surface area contributed by atoms with E-state index in [9.17, 15) is 18.4 Å². The van der Waals surface area contributed by atoms with Gasteiger partial charge in [0.25, 0.3) is 0 Å². The summed E-state index contributed by atoms with van der Waals surface area (Å²) in [6, 6.07) is 1.57. The van der Waals surface area contributed by atoms with Crippen LogP contribution in [-0.4, -0.2) is 12.2 Å². The minimum absolute atomic E-state index is 0.142. The first kappa shape index (κ1) is 11.0. The lowest BCUT2D eigenvalue weighted by Crippen LogP contribution is -2.05. The van der Waals surface area contributed by atoms with Crippen molar-refractivity contribution in [3.63, 3.8) is 0 Å². The number of aldehydes is 1. The summed E-state index contributed by atoms with van der Waals surface area (Å²) in [5.41, 5.74) is 4.27. The third-order valence-corrected chi connectivity index (χ3v) is 1.67. The van der Waals surface area contributed by atoms with Crippen molar-refractivity contribution in [2.45, 2.75) is 0 Å². The first-order valence-electron chi connectivity index (χ1n) is 3.96. The molecule has 0 saturated carbocycles. The van der Waals surface area contributed by atoms with Crippen molar-refractivity contribution in [1.82, 2.24) is 0 Å². The van der Waals surface area contributed by atoms with Crippen LogP contribution in [-0.2, 0) is 4.79 Å². The second-order valence-electron chi connectivity index (χ2n) is 2.75. The summed E-state index contributed by atoms with van der Waals surface area (Å²) in [6.45, 7) is 0. The van der Waals surface area contributed by atoms with E-state index >= 15 is 0 Å². The molecule has 1 aromatic rings. The number of hydrogen-bond acceptors (Lipinski definition) is 2. The molecular weight excluding hydrogens is 204 g/mol. The average molecular weight is 211 g/mol. The zero-order valence-corrected chi connectivity index (χ0v) is 7.54. The SMILES string of the molecule is NC(=O)C=Cc1cc(F)c(C=O)cc1F. The molecule has 3 nitrogen and oxygen atoms in total. The third-order valence-electron chi connectivity index (χ3n) is 1.67. The molecule has 0 aliphatic rings. The fraction of sp³-hybridized carbons (Fsp3) is 0. The molecule has 0 aromatic heterocycles. The Hall–Kier alpha value is -2.04. The number of rotatable bonds is 3. The zero-order chi connectivity index (χ0) is 11.4. The summed E-state index contributed by atoms with van der Waals surface area (Å²) in [7, 11) is 0. The van der Waals surface area contributed by atoms with Crippen LogP contribution < -0.4 is 5.73 Å². The maximum atomic E-state index is 13.1. The number of halogens is 2. The van der Waals surface area contributed by atoms with Crippen LogP contribution in [0.15, 0.2) is 18.2 Å². The van der Waals surface area contributed by atoms with Crippen molar-refractivity contribution in [1.29, 1.82) is 0 Å². The second kappa shape index (κ2) is 4.45. The molecule has 0 spiro atoms. The molecule has 1 aromatic carbocycles. The van der Waals surface area contributed by atoms with Crippen molar-refractivity contribution in [3.05, 3.63) is 41.0 Å². The standard InChI is InChI=1S/C10H7F2NO2/c11-8-4-7(5-14)9(12)3-6(8)1-2-10(13)15/h1-5H,(H2,13,15). The van der Waals surface area contributed by atoms with Gasteiger partial charge >= 0.3 is 0 Å². The molecule has 0 saturated heterocycles. The molecular formula is C10H7F2NO2. The molecule has 0 radical (unpaired) electrons. The maximum absolute atomic E-state index is 13.1. The molecule has 0 unspecified atom stereocenters. The highest BCUT2D eigenvalue weighted by atomic mass is 19.1. The van der Waals surface area contributed by atoms with Gasteiger partial charge in [0.05, 0.1) is 5.56 Å². The lowest BCUT2D eigenvalue weighted by atomic mass is 10.1. The molecule has 1 rings (SSSR count). The van der Waals surface area contributed by atoms with Gasteiger partial charge in [-0.3, -0.25) is 9.59 Å². The quantitative estimate of drug-likeness (QED) is 0.604. The molecule has 0 fully saturated rings. The Morgan fingerprint density at radius 2 is 1.73 bits per heavy atom. The normalized spacial score (nSPS) is 10.5. The van der Waals surface area contributed by atoms with E-state index in [-0.39, 0.29) is 17.4 Å². The van der Waals surface area contributed by atoms with E-state index in [0.717, 1.165) is 24.3 Å². The van der Waals surface area contributed by atoms with Crippen molar-refractivity contribution in [2.24, 2.45) is 5.73 Å². The molecule has 2 N–H and O–H groups in total. The van der Waals surface area contributed by atoms with Gasteiger partial charge in [0, 0.05) is 11.6 Å². The number of carbonyl (C=O) groups is 2. The number of nitrogens with two attached hydrogens (primary N) is 1. The van der Waals surface area contributed by atoms with Crippen LogP contribution in [0, 0.1) is 11.6 Å². The smallest absolute Gasteiger partial charge is 0.241 e. The Labute approximate surface area is 84.2 Å². The van der Waals surface area contributed by atoms with Gasteiger partial charge in [-0.15, -0.1) is 0 Å². The van der Waals surface area contributed by atoms with E-state index in [1.807, 2.05) is 0 Å². The number of hydrogen-bond donors (Lipinski definition) is 1. The highest BCUT2D eigenvalue weighted by Crippen LogP contribution is 2.14.